The van der Waals surface area contributed by atoms with Gasteiger partial charge in [-0.1, -0.05) is 31.7 Å². The molecule has 0 radical (unpaired) electrons. The molecule has 7 heteroatoms. The zero-order valence-electron chi connectivity index (χ0n) is 17.1. The molecule has 1 unspecified atom stereocenters. The molecular weight excluding hydrogens is 368 g/mol. The minimum absolute atomic E-state index is 0.252. The van der Waals surface area contributed by atoms with Crippen molar-refractivity contribution in [1.29, 1.82) is 0 Å². The fourth-order valence-corrected chi connectivity index (χ4v) is 3.74. The van der Waals surface area contributed by atoms with Crippen LogP contribution in [0.5, 0.6) is 6.01 Å². The quantitative estimate of drug-likeness (QED) is 0.552. The number of aryl methyl sites for hydroxylation is 2. The molecule has 2 aromatic rings. The average molecular weight is 399 g/mol. The van der Waals surface area contributed by atoms with Gasteiger partial charge in [0.2, 0.25) is 0 Å². The molecule has 1 atom stereocenters. The van der Waals surface area contributed by atoms with Crippen LogP contribution in [-0.2, 0) is 17.6 Å². The lowest BCUT2D eigenvalue weighted by molar-refractivity contribution is -0.139. The van der Waals surface area contributed by atoms with Crippen LogP contribution in [0, 0.1) is 0 Å². The fraction of sp³-hybridized carbons (Fsp3) is 0.545. The minimum atomic E-state index is -0.828. The van der Waals surface area contributed by atoms with Gasteiger partial charge in [0.15, 0.2) is 0 Å². The van der Waals surface area contributed by atoms with E-state index < -0.39 is 11.9 Å². The molecule has 156 valence electrons. The van der Waals surface area contributed by atoms with E-state index in [9.17, 15) is 9.90 Å². The molecule has 0 spiro atoms. The third kappa shape index (κ3) is 6.14. The normalized spacial score (nSPS) is 14.0. The number of nitrogens with zero attached hydrogens (tertiary/aromatic N) is 3. The van der Waals surface area contributed by atoms with E-state index in [0.29, 0.717) is 12.0 Å². The summed E-state index contributed by atoms with van der Waals surface area (Å²) in [7, 11) is 1.49. The highest BCUT2D eigenvalue weighted by Gasteiger charge is 2.20. The van der Waals surface area contributed by atoms with E-state index in [1.165, 1.54) is 19.1 Å². The maximum Gasteiger partial charge on any atom is 0.316 e. The van der Waals surface area contributed by atoms with Gasteiger partial charge in [0.25, 0.3) is 0 Å². The molecule has 0 fully saturated rings. The lowest BCUT2D eigenvalue weighted by atomic mass is 9.95. The zero-order chi connectivity index (χ0) is 20.5. The third-order valence-corrected chi connectivity index (χ3v) is 5.41. The number of carboxylic acid groups (broad SMARTS) is 1. The number of nitrogens with one attached hydrogen (secondary N) is 1. The lowest BCUT2D eigenvalue weighted by Crippen LogP contribution is -2.14. The van der Waals surface area contributed by atoms with Crippen LogP contribution in [0.4, 0.5) is 5.82 Å². The number of pyridine rings is 1. The van der Waals surface area contributed by atoms with Gasteiger partial charge in [-0.15, -0.1) is 0 Å². The summed E-state index contributed by atoms with van der Waals surface area (Å²) in [5, 5.41) is 12.9. The topological polar surface area (TPSA) is 97.2 Å². The molecule has 29 heavy (non-hydrogen) atoms. The van der Waals surface area contributed by atoms with Crippen LogP contribution in [-0.4, -0.2) is 39.7 Å². The van der Waals surface area contributed by atoms with Gasteiger partial charge in [0.05, 0.1) is 13.0 Å². The predicted octanol–water partition coefficient (Wildman–Crippen LogP) is 3.99. The molecule has 1 aliphatic rings. The number of methoxy groups -OCH3 is 1. The van der Waals surface area contributed by atoms with E-state index in [4.69, 9.17) is 9.72 Å². The first kappa shape index (κ1) is 21.0. The molecule has 0 aliphatic carbocycles. The number of rotatable bonds is 11. The van der Waals surface area contributed by atoms with Crippen LogP contribution in [0.3, 0.4) is 0 Å². The number of hydrogen-bond acceptors (Lipinski definition) is 6. The monoisotopic (exact) mass is 398 g/mol. The highest BCUT2D eigenvalue weighted by molar-refractivity contribution is 5.75. The summed E-state index contributed by atoms with van der Waals surface area (Å²) in [6.07, 6.45) is 12.3. The molecule has 2 aromatic heterocycles. The Morgan fingerprint density at radius 1 is 1.17 bits per heavy atom. The predicted molar refractivity (Wildman–Crippen MR) is 111 cm³/mol. The summed E-state index contributed by atoms with van der Waals surface area (Å²) in [4.78, 5) is 24.4. The maximum atomic E-state index is 11.6. The molecule has 0 amide bonds. The van der Waals surface area contributed by atoms with E-state index >= 15 is 0 Å². The molecule has 1 aliphatic heterocycles. The van der Waals surface area contributed by atoms with Gasteiger partial charge in [-0.3, -0.25) is 4.79 Å². The Balaban J connectivity index is 1.34. The summed E-state index contributed by atoms with van der Waals surface area (Å²) in [6.45, 7) is 1.02. The van der Waals surface area contributed by atoms with Crippen LogP contribution < -0.4 is 10.1 Å². The number of ether oxygens (including phenoxy) is 1. The summed E-state index contributed by atoms with van der Waals surface area (Å²) in [5.41, 5.74) is 3.12. The van der Waals surface area contributed by atoms with E-state index in [1.807, 2.05) is 0 Å². The van der Waals surface area contributed by atoms with Crippen LogP contribution in [0.1, 0.15) is 67.7 Å². The van der Waals surface area contributed by atoms with Crippen molar-refractivity contribution < 1.29 is 14.6 Å². The van der Waals surface area contributed by atoms with Gasteiger partial charge in [-0.05, 0) is 43.7 Å². The van der Waals surface area contributed by atoms with Gasteiger partial charge in [0.1, 0.15) is 5.82 Å². The smallest absolute Gasteiger partial charge is 0.316 e. The van der Waals surface area contributed by atoms with E-state index in [0.717, 1.165) is 63.0 Å². The molecule has 0 bridgehead atoms. The second kappa shape index (κ2) is 10.7. The number of unbranched alkanes of at least 4 members (excludes halogenated alkanes) is 4. The van der Waals surface area contributed by atoms with Crippen molar-refractivity contribution in [2.45, 2.75) is 63.7 Å². The molecule has 3 rings (SSSR count). The Kier molecular flexibility index (Phi) is 7.78. The van der Waals surface area contributed by atoms with Gasteiger partial charge in [0, 0.05) is 30.2 Å². The number of hydrogen-bond donors (Lipinski definition) is 2. The first-order chi connectivity index (χ1) is 14.2. The van der Waals surface area contributed by atoms with Gasteiger partial charge in [-0.2, -0.15) is 0 Å². The van der Waals surface area contributed by atoms with E-state index in [2.05, 4.69) is 27.4 Å². The second-order valence-electron chi connectivity index (χ2n) is 7.54. The molecule has 3 heterocycles. The van der Waals surface area contributed by atoms with Crippen molar-refractivity contribution in [1.82, 2.24) is 15.0 Å². The summed E-state index contributed by atoms with van der Waals surface area (Å²) >= 11 is 0. The van der Waals surface area contributed by atoms with Gasteiger partial charge < -0.3 is 15.2 Å². The summed E-state index contributed by atoms with van der Waals surface area (Å²) in [5.74, 6) is -0.324. The Morgan fingerprint density at radius 2 is 1.93 bits per heavy atom. The van der Waals surface area contributed by atoms with Crippen molar-refractivity contribution in [2.24, 2.45) is 0 Å². The first-order valence-electron chi connectivity index (χ1n) is 10.5. The van der Waals surface area contributed by atoms with E-state index in [1.54, 1.807) is 12.4 Å². The number of aliphatic carboxylic acids is 1. The van der Waals surface area contributed by atoms with E-state index in [-0.39, 0.29) is 6.01 Å². The number of carboxylic acids is 1. The molecule has 2 N–H and O–H groups in total. The summed E-state index contributed by atoms with van der Waals surface area (Å²) < 4.78 is 4.93. The van der Waals surface area contributed by atoms with Crippen LogP contribution in [0.15, 0.2) is 24.5 Å². The highest BCUT2D eigenvalue weighted by Crippen LogP contribution is 2.24. The number of fused-ring (bicyclic) bond motifs is 1. The Hall–Kier alpha value is -2.70. The molecule has 7 nitrogen and oxygen atoms in total. The Morgan fingerprint density at radius 3 is 2.69 bits per heavy atom. The molecule has 0 aromatic carbocycles. The van der Waals surface area contributed by atoms with Crippen LogP contribution >= 0.6 is 0 Å². The fourth-order valence-electron chi connectivity index (χ4n) is 3.74. The third-order valence-electron chi connectivity index (χ3n) is 5.41. The SMILES string of the molecule is COc1ncc(C(CCCCCCCc2ccc3c(n2)NCCC3)C(=O)O)cn1. The highest BCUT2D eigenvalue weighted by atomic mass is 16.5. The second-order valence-corrected chi connectivity index (χ2v) is 7.54. The first-order valence-corrected chi connectivity index (χ1v) is 10.5. The average Bonchev–Trinajstić information content (AvgIpc) is 2.75. The lowest BCUT2D eigenvalue weighted by Gasteiger charge is -2.17. The Bertz CT molecular complexity index is 795. The van der Waals surface area contributed by atoms with Crippen molar-refractivity contribution in [3.8, 4) is 6.01 Å². The maximum absolute atomic E-state index is 11.6. The number of anilines is 1. The van der Waals surface area contributed by atoms with Gasteiger partial charge >= 0.3 is 12.0 Å². The molecular formula is C22H30N4O3. The van der Waals surface area contributed by atoms with Crippen LogP contribution in [0.2, 0.25) is 0 Å². The van der Waals surface area contributed by atoms with Crippen molar-refractivity contribution >= 4 is 11.8 Å². The minimum Gasteiger partial charge on any atom is -0.481 e. The van der Waals surface area contributed by atoms with Crippen molar-refractivity contribution in [2.75, 3.05) is 19.0 Å². The molecule has 0 saturated carbocycles. The van der Waals surface area contributed by atoms with Crippen molar-refractivity contribution in [3.05, 3.63) is 41.3 Å². The van der Waals surface area contributed by atoms with Crippen molar-refractivity contribution in [3.63, 3.8) is 0 Å². The number of carbonyl (C=O) groups is 1. The number of aromatic nitrogens is 3. The standard InChI is InChI=1S/C22H30N4O3/c1-29-22-24-14-17(15-25-22)19(21(27)28)10-6-4-2-3-5-9-18-12-11-16-8-7-13-23-20(16)26-18/h11-12,14-15,19H,2-10,13H2,1H3,(H,23,26)(H,27,28). The Labute approximate surface area is 172 Å². The summed E-state index contributed by atoms with van der Waals surface area (Å²) in [6, 6.07) is 4.61. The van der Waals surface area contributed by atoms with Gasteiger partial charge in [-0.25, -0.2) is 15.0 Å². The largest absolute Gasteiger partial charge is 0.481 e. The zero-order valence-corrected chi connectivity index (χ0v) is 17.1. The van der Waals surface area contributed by atoms with Crippen LogP contribution in [0.25, 0.3) is 0 Å². The molecule has 0 saturated heterocycles.